The highest BCUT2D eigenvalue weighted by Gasteiger charge is 2.45. The number of carbonyl (C=O) groups excluding carboxylic acids is 2. The van der Waals surface area contributed by atoms with Gasteiger partial charge in [0, 0.05) is 63.3 Å². The smallest absolute Gasteiger partial charge is 0.258 e. The molecule has 0 bridgehead atoms. The molecule has 0 saturated carbocycles. The molecule has 9 heteroatoms. The molecular weight excluding hydrogens is 554 g/mol. The van der Waals surface area contributed by atoms with Crippen molar-refractivity contribution in [2.75, 3.05) is 43.1 Å². The summed E-state index contributed by atoms with van der Waals surface area (Å²) >= 11 is 0. The Hall–Kier alpha value is -4.50. The molecule has 1 aliphatic rings. The predicted molar refractivity (Wildman–Crippen MR) is 174 cm³/mol. The molecule has 2 aromatic heterocycles. The standard InChI is InChI=1S/C35H41N5O4/c1-5-40-30-13-12-28(24-31(30)37(4)33(42)35(2,3)34(40)43)44-23-9-8-19-38(25-26-14-17-36-18-15-26)21-22-39-20-16-27-10-6-7-11-29(27)32(39)41/h6-7,10-18,20,24H,5,8-9,19,21-23,25H2,1-4H3. The maximum atomic E-state index is 13.1. The van der Waals surface area contributed by atoms with Gasteiger partial charge in [-0.1, -0.05) is 18.2 Å². The highest BCUT2D eigenvalue weighted by Crippen LogP contribution is 2.40. The number of amides is 2. The molecule has 9 nitrogen and oxygen atoms in total. The molecule has 4 aromatic rings. The van der Waals surface area contributed by atoms with Crippen molar-refractivity contribution in [3.63, 3.8) is 0 Å². The van der Waals surface area contributed by atoms with E-state index >= 15 is 0 Å². The molecule has 0 spiro atoms. The number of hydrogen-bond donors (Lipinski definition) is 0. The number of hydrogen-bond acceptors (Lipinski definition) is 6. The summed E-state index contributed by atoms with van der Waals surface area (Å²) < 4.78 is 7.91. The van der Waals surface area contributed by atoms with Gasteiger partial charge in [-0.15, -0.1) is 0 Å². The molecule has 0 radical (unpaired) electrons. The van der Waals surface area contributed by atoms with Crippen LogP contribution in [0.4, 0.5) is 11.4 Å². The Balaban J connectivity index is 1.20. The number of nitrogens with zero attached hydrogens (tertiary/aromatic N) is 5. The molecule has 0 atom stereocenters. The highest BCUT2D eigenvalue weighted by atomic mass is 16.5. The average molecular weight is 596 g/mol. The molecule has 0 unspecified atom stereocenters. The molecule has 0 aliphatic carbocycles. The molecular formula is C35H41N5O4. The number of fused-ring (bicyclic) bond motifs is 2. The number of unbranched alkanes of at least 4 members (excludes halogenated alkanes) is 1. The highest BCUT2D eigenvalue weighted by molar-refractivity contribution is 6.20. The van der Waals surface area contributed by atoms with E-state index in [0.717, 1.165) is 43.2 Å². The monoisotopic (exact) mass is 595 g/mol. The summed E-state index contributed by atoms with van der Waals surface area (Å²) in [6.07, 6.45) is 7.23. The van der Waals surface area contributed by atoms with E-state index < -0.39 is 5.41 Å². The van der Waals surface area contributed by atoms with E-state index in [4.69, 9.17) is 4.74 Å². The maximum absolute atomic E-state index is 13.1. The minimum Gasteiger partial charge on any atom is -0.494 e. The molecule has 1 aliphatic heterocycles. The van der Waals surface area contributed by atoms with Crippen LogP contribution in [0.2, 0.25) is 0 Å². The topological polar surface area (TPSA) is 88.0 Å². The van der Waals surface area contributed by atoms with Gasteiger partial charge in [0.2, 0.25) is 11.8 Å². The van der Waals surface area contributed by atoms with Crippen molar-refractivity contribution < 1.29 is 14.3 Å². The van der Waals surface area contributed by atoms with Crippen LogP contribution in [-0.4, -0.2) is 59.6 Å². The van der Waals surface area contributed by atoms with Crippen molar-refractivity contribution >= 4 is 34.0 Å². The van der Waals surface area contributed by atoms with Crippen LogP contribution in [0, 0.1) is 5.41 Å². The van der Waals surface area contributed by atoms with E-state index in [9.17, 15) is 14.4 Å². The van der Waals surface area contributed by atoms with Gasteiger partial charge in [0.05, 0.1) is 18.0 Å². The summed E-state index contributed by atoms with van der Waals surface area (Å²) in [6, 6.07) is 19.3. The molecule has 44 heavy (non-hydrogen) atoms. The Morgan fingerprint density at radius 3 is 2.43 bits per heavy atom. The molecule has 230 valence electrons. The van der Waals surface area contributed by atoms with Crippen molar-refractivity contribution in [3.8, 4) is 5.75 Å². The zero-order chi connectivity index (χ0) is 31.3. The minimum atomic E-state index is -1.14. The Morgan fingerprint density at radius 2 is 1.66 bits per heavy atom. The van der Waals surface area contributed by atoms with Gasteiger partial charge in [0.1, 0.15) is 11.2 Å². The summed E-state index contributed by atoms with van der Waals surface area (Å²) in [5, 5.41) is 1.69. The van der Waals surface area contributed by atoms with E-state index in [2.05, 4.69) is 9.88 Å². The normalized spacial score (nSPS) is 14.7. The Bertz CT molecular complexity index is 1680. The Morgan fingerprint density at radius 1 is 0.886 bits per heavy atom. The van der Waals surface area contributed by atoms with E-state index in [1.54, 1.807) is 47.7 Å². The van der Waals surface area contributed by atoms with Crippen LogP contribution < -0.4 is 20.1 Å². The number of pyridine rings is 2. The zero-order valence-corrected chi connectivity index (χ0v) is 26.0. The quantitative estimate of drug-likeness (QED) is 0.167. The van der Waals surface area contributed by atoms with E-state index in [1.165, 1.54) is 5.56 Å². The summed E-state index contributed by atoms with van der Waals surface area (Å²) in [6.45, 7) is 9.20. The first-order valence-electron chi connectivity index (χ1n) is 15.3. The Kier molecular flexibility index (Phi) is 9.44. The SMILES string of the molecule is CCN1C(=O)C(C)(C)C(=O)N(C)c2cc(OCCCCN(CCn3ccc4ccccc4c3=O)Cc3ccncc3)ccc21. The third-order valence-electron chi connectivity index (χ3n) is 8.37. The van der Waals surface area contributed by atoms with Gasteiger partial charge in [-0.25, -0.2) is 0 Å². The fraction of sp³-hybridized carbons (Fsp3) is 0.371. The number of benzene rings is 2. The zero-order valence-electron chi connectivity index (χ0n) is 26.0. The Labute approximate surface area is 258 Å². The van der Waals surface area contributed by atoms with E-state index in [0.29, 0.717) is 36.8 Å². The molecule has 5 rings (SSSR count). The minimum absolute atomic E-state index is 0.0310. The molecule has 3 heterocycles. The lowest BCUT2D eigenvalue weighted by atomic mass is 9.90. The summed E-state index contributed by atoms with van der Waals surface area (Å²) in [5.41, 5.74) is 1.44. The molecule has 0 fully saturated rings. The van der Waals surface area contributed by atoms with Gasteiger partial charge in [-0.05, 0) is 87.5 Å². The van der Waals surface area contributed by atoms with E-state index in [1.807, 2.05) is 73.8 Å². The third-order valence-corrected chi connectivity index (χ3v) is 8.37. The number of aromatic nitrogens is 2. The first-order chi connectivity index (χ1) is 21.2. The van der Waals surface area contributed by atoms with Gasteiger partial charge in [-0.3, -0.25) is 24.3 Å². The van der Waals surface area contributed by atoms with Gasteiger partial charge < -0.3 is 19.1 Å². The summed E-state index contributed by atoms with van der Waals surface area (Å²) in [4.78, 5) is 49.0. The fourth-order valence-corrected chi connectivity index (χ4v) is 5.77. The van der Waals surface area contributed by atoms with Crippen molar-refractivity contribution in [2.45, 2.75) is 46.7 Å². The van der Waals surface area contributed by atoms with Crippen LogP contribution in [-0.2, 0) is 22.7 Å². The van der Waals surface area contributed by atoms with Gasteiger partial charge in [0.15, 0.2) is 0 Å². The van der Waals surface area contributed by atoms with Crippen LogP contribution in [0.1, 0.15) is 39.2 Å². The number of ether oxygens (including phenoxy) is 1. The van der Waals surface area contributed by atoms with Crippen LogP contribution in [0.25, 0.3) is 10.8 Å². The predicted octanol–water partition coefficient (Wildman–Crippen LogP) is 5.11. The van der Waals surface area contributed by atoms with Crippen LogP contribution in [0.5, 0.6) is 5.75 Å². The lowest BCUT2D eigenvalue weighted by Gasteiger charge is -2.27. The van der Waals surface area contributed by atoms with Crippen molar-refractivity contribution in [1.82, 2.24) is 14.5 Å². The lowest BCUT2D eigenvalue weighted by molar-refractivity contribution is -0.137. The van der Waals surface area contributed by atoms with Crippen LogP contribution >= 0.6 is 0 Å². The fourth-order valence-electron chi connectivity index (χ4n) is 5.77. The number of anilines is 2. The second kappa shape index (κ2) is 13.4. The van der Waals surface area contributed by atoms with Gasteiger partial charge >= 0.3 is 0 Å². The van der Waals surface area contributed by atoms with Crippen LogP contribution in [0.15, 0.2) is 84.0 Å². The first-order valence-corrected chi connectivity index (χ1v) is 15.3. The summed E-state index contributed by atoms with van der Waals surface area (Å²) in [5.74, 6) is 0.221. The van der Waals surface area contributed by atoms with Crippen molar-refractivity contribution in [3.05, 3.63) is 95.2 Å². The number of rotatable bonds is 12. The largest absolute Gasteiger partial charge is 0.494 e. The third kappa shape index (κ3) is 6.53. The van der Waals surface area contributed by atoms with Crippen molar-refractivity contribution in [1.29, 1.82) is 0 Å². The lowest BCUT2D eigenvalue weighted by Crippen LogP contribution is -2.47. The number of carbonyl (C=O) groups is 2. The molecule has 0 N–H and O–H groups in total. The van der Waals surface area contributed by atoms with Crippen molar-refractivity contribution in [2.24, 2.45) is 5.41 Å². The van der Waals surface area contributed by atoms with Crippen LogP contribution in [0.3, 0.4) is 0 Å². The maximum Gasteiger partial charge on any atom is 0.258 e. The molecule has 2 aromatic carbocycles. The average Bonchev–Trinajstić information content (AvgIpc) is 3.09. The second-order valence-electron chi connectivity index (χ2n) is 11.8. The molecule has 2 amide bonds. The van der Waals surface area contributed by atoms with Gasteiger partial charge in [-0.2, -0.15) is 0 Å². The first kappa shape index (κ1) is 30.9. The van der Waals surface area contributed by atoms with E-state index in [-0.39, 0.29) is 17.4 Å². The summed E-state index contributed by atoms with van der Waals surface area (Å²) in [7, 11) is 1.71. The van der Waals surface area contributed by atoms with Gasteiger partial charge in [0.25, 0.3) is 5.56 Å². The second-order valence-corrected chi connectivity index (χ2v) is 11.8. The molecule has 0 saturated heterocycles.